The van der Waals surface area contributed by atoms with Gasteiger partial charge in [-0.25, -0.2) is 4.79 Å². The summed E-state index contributed by atoms with van der Waals surface area (Å²) in [6.07, 6.45) is 1.66. The number of nitrogens with zero attached hydrogens (tertiary/aromatic N) is 3. The van der Waals surface area contributed by atoms with Crippen molar-refractivity contribution in [2.24, 2.45) is 0 Å². The smallest absolute Gasteiger partial charge is 0.318 e. The summed E-state index contributed by atoms with van der Waals surface area (Å²) in [5.41, 5.74) is 0.580. The highest BCUT2D eigenvalue weighted by Crippen LogP contribution is 2.35. The number of carbonyl (C=O) groups is 2. The van der Waals surface area contributed by atoms with Gasteiger partial charge in [0.2, 0.25) is 11.8 Å². The zero-order chi connectivity index (χ0) is 20.2. The second-order valence-corrected chi connectivity index (χ2v) is 7.55. The van der Waals surface area contributed by atoms with Gasteiger partial charge in [-0.2, -0.15) is 0 Å². The Bertz CT molecular complexity index is 905. The number of aromatic nitrogens is 2. The molecular weight excluding hydrogens is 398 g/mol. The number of amides is 3. The number of carbonyl (C=O) groups excluding carboxylic acids is 2. The second-order valence-electron chi connectivity index (χ2n) is 6.54. The van der Waals surface area contributed by atoms with E-state index in [1.165, 1.54) is 11.3 Å². The summed E-state index contributed by atoms with van der Waals surface area (Å²) in [6.45, 7) is 1.70. The number of rotatable bonds is 6. The Kier molecular flexibility index (Phi) is 5.76. The van der Waals surface area contributed by atoms with Crippen molar-refractivity contribution in [1.82, 2.24) is 20.4 Å². The molecule has 0 saturated carbocycles. The van der Waals surface area contributed by atoms with Crippen molar-refractivity contribution >= 4 is 29.0 Å². The molecule has 2 aromatic rings. The van der Waals surface area contributed by atoms with Crippen molar-refractivity contribution in [3.8, 4) is 11.5 Å². The van der Waals surface area contributed by atoms with Crippen molar-refractivity contribution in [1.29, 1.82) is 0 Å². The quantitative estimate of drug-likeness (QED) is 0.688. The number of likely N-dealkylation sites (tertiary alicyclic amines) is 1. The monoisotopic (exact) mass is 419 g/mol. The predicted molar refractivity (Wildman–Crippen MR) is 104 cm³/mol. The second kappa shape index (κ2) is 8.62. The van der Waals surface area contributed by atoms with Gasteiger partial charge in [-0.15, -0.1) is 10.2 Å². The average molecular weight is 419 g/mol. The van der Waals surface area contributed by atoms with Crippen LogP contribution < -0.4 is 20.1 Å². The Morgan fingerprint density at radius 1 is 1.31 bits per heavy atom. The average Bonchev–Trinajstić information content (AvgIpc) is 3.46. The van der Waals surface area contributed by atoms with Crippen LogP contribution in [0.25, 0.3) is 0 Å². The molecule has 0 unspecified atom stereocenters. The summed E-state index contributed by atoms with van der Waals surface area (Å²) in [5.74, 6) is 0.870. The highest BCUT2D eigenvalue weighted by Gasteiger charge is 2.33. The Hall–Kier alpha value is -2.92. The molecule has 29 heavy (non-hydrogen) atoms. The number of ether oxygens (including phenoxy) is 3. The molecule has 1 fully saturated rings. The van der Waals surface area contributed by atoms with Gasteiger partial charge >= 0.3 is 6.03 Å². The number of urea groups is 1. The first-order valence-electron chi connectivity index (χ1n) is 9.23. The molecule has 3 amide bonds. The van der Waals surface area contributed by atoms with E-state index in [1.807, 2.05) is 0 Å². The van der Waals surface area contributed by atoms with Crippen molar-refractivity contribution < 1.29 is 23.8 Å². The summed E-state index contributed by atoms with van der Waals surface area (Å²) < 4.78 is 15.5. The number of benzene rings is 1. The highest BCUT2D eigenvalue weighted by atomic mass is 32.1. The molecule has 0 radical (unpaired) electrons. The third-order valence-electron chi connectivity index (χ3n) is 4.65. The van der Waals surface area contributed by atoms with Gasteiger partial charge in [0.05, 0.1) is 12.6 Å². The number of nitrogens with one attached hydrogen (secondary N) is 2. The fraction of sp³-hybridized carbons (Fsp3) is 0.444. The van der Waals surface area contributed by atoms with Crippen LogP contribution in [0.1, 0.15) is 33.7 Å². The van der Waals surface area contributed by atoms with Crippen molar-refractivity contribution in [2.75, 3.05) is 38.9 Å². The molecule has 1 atom stereocenters. The lowest BCUT2D eigenvalue weighted by Crippen LogP contribution is -2.40. The number of anilines is 1. The Morgan fingerprint density at radius 3 is 3.03 bits per heavy atom. The standard InChI is InChI=1S/C18H21N5O5S/c1-26-8-6-19-18(25)23-7-2-3-12(23)16-21-22-17(29-16)15(24)20-11-4-5-13-14(9-11)28-10-27-13/h4-5,9,12H,2-3,6-8,10H2,1H3,(H,19,25)(H,20,24)/t12-/m1/s1. The van der Waals surface area contributed by atoms with Gasteiger partial charge in [-0.3, -0.25) is 4.79 Å². The van der Waals surface area contributed by atoms with Crippen LogP contribution in [0.15, 0.2) is 18.2 Å². The largest absolute Gasteiger partial charge is 0.454 e. The summed E-state index contributed by atoms with van der Waals surface area (Å²) in [4.78, 5) is 26.7. The van der Waals surface area contributed by atoms with Crippen LogP contribution in [0, 0.1) is 0 Å². The minimum absolute atomic E-state index is 0.161. The highest BCUT2D eigenvalue weighted by molar-refractivity contribution is 7.13. The summed E-state index contributed by atoms with van der Waals surface area (Å²) in [7, 11) is 1.59. The predicted octanol–water partition coefficient (Wildman–Crippen LogP) is 2.01. The number of hydrogen-bond acceptors (Lipinski definition) is 8. The lowest BCUT2D eigenvalue weighted by Gasteiger charge is -2.22. The van der Waals surface area contributed by atoms with Crippen LogP contribution >= 0.6 is 11.3 Å². The molecule has 2 aliphatic heterocycles. The van der Waals surface area contributed by atoms with E-state index < -0.39 is 0 Å². The van der Waals surface area contributed by atoms with Gasteiger partial charge in [0, 0.05) is 32.0 Å². The van der Waals surface area contributed by atoms with Crippen molar-refractivity contribution in [3.05, 3.63) is 28.2 Å². The maximum atomic E-state index is 12.6. The first-order valence-corrected chi connectivity index (χ1v) is 10.0. The maximum Gasteiger partial charge on any atom is 0.318 e. The van der Waals surface area contributed by atoms with E-state index in [9.17, 15) is 9.59 Å². The van der Waals surface area contributed by atoms with Crippen LogP contribution in [-0.2, 0) is 4.74 Å². The SMILES string of the molecule is COCCNC(=O)N1CCC[C@@H]1c1nnc(C(=O)Nc2ccc3c(c2)OCO3)s1. The molecule has 2 aliphatic rings. The lowest BCUT2D eigenvalue weighted by molar-refractivity contribution is 0.102. The molecule has 4 rings (SSSR count). The number of methoxy groups -OCH3 is 1. The molecule has 10 nitrogen and oxygen atoms in total. The van der Waals surface area contributed by atoms with E-state index >= 15 is 0 Å². The lowest BCUT2D eigenvalue weighted by atomic mass is 10.2. The molecule has 3 heterocycles. The van der Waals surface area contributed by atoms with Crippen LogP contribution in [0.4, 0.5) is 10.5 Å². The third kappa shape index (κ3) is 4.25. The maximum absolute atomic E-state index is 12.6. The van der Waals surface area contributed by atoms with Crippen LogP contribution in [0.2, 0.25) is 0 Å². The minimum atomic E-state index is -0.360. The number of hydrogen-bond donors (Lipinski definition) is 2. The molecule has 0 spiro atoms. The van der Waals surface area contributed by atoms with Gasteiger partial charge in [0.15, 0.2) is 11.5 Å². The first kappa shape index (κ1) is 19.4. The topological polar surface area (TPSA) is 115 Å². The number of fused-ring (bicyclic) bond motifs is 1. The van der Waals surface area contributed by atoms with E-state index in [0.29, 0.717) is 41.9 Å². The van der Waals surface area contributed by atoms with Gasteiger partial charge < -0.3 is 29.7 Å². The van der Waals surface area contributed by atoms with Gasteiger partial charge in [-0.05, 0) is 25.0 Å². The molecule has 11 heteroatoms. The molecule has 1 saturated heterocycles. The molecule has 154 valence electrons. The van der Waals surface area contributed by atoms with Crippen LogP contribution in [0.3, 0.4) is 0 Å². The Balaban J connectivity index is 1.40. The van der Waals surface area contributed by atoms with Gasteiger partial charge in [-0.1, -0.05) is 11.3 Å². The fourth-order valence-electron chi connectivity index (χ4n) is 3.25. The zero-order valence-corrected chi connectivity index (χ0v) is 16.7. The van der Waals surface area contributed by atoms with E-state index in [4.69, 9.17) is 14.2 Å². The Morgan fingerprint density at radius 2 is 2.17 bits per heavy atom. The summed E-state index contributed by atoms with van der Waals surface area (Å²) in [6, 6.07) is 4.83. The minimum Gasteiger partial charge on any atom is -0.454 e. The Labute approximate surface area is 171 Å². The molecule has 1 aromatic carbocycles. The summed E-state index contributed by atoms with van der Waals surface area (Å²) >= 11 is 1.20. The molecule has 0 aliphatic carbocycles. The van der Waals surface area contributed by atoms with E-state index in [0.717, 1.165) is 12.8 Å². The van der Waals surface area contributed by atoms with E-state index in [1.54, 1.807) is 30.2 Å². The third-order valence-corrected chi connectivity index (χ3v) is 5.67. The molecular formula is C18H21N5O5S. The molecule has 1 aromatic heterocycles. The van der Waals surface area contributed by atoms with Gasteiger partial charge in [0.25, 0.3) is 5.91 Å². The van der Waals surface area contributed by atoms with Crippen molar-refractivity contribution in [2.45, 2.75) is 18.9 Å². The van der Waals surface area contributed by atoms with Crippen LogP contribution in [-0.4, -0.2) is 60.6 Å². The molecule has 0 bridgehead atoms. The van der Waals surface area contributed by atoms with E-state index in [2.05, 4.69) is 20.8 Å². The molecule has 2 N–H and O–H groups in total. The van der Waals surface area contributed by atoms with Crippen LogP contribution in [0.5, 0.6) is 11.5 Å². The first-order chi connectivity index (χ1) is 14.2. The van der Waals surface area contributed by atoms with Crippen molar-refractivity contribution in [3.63, 3.8) is 0 Å². The zero-order valence-electron chi connectivity index (χ0n) is 15.8. The van der Waals surface area contributed by atoms with Gasteiger partial charge in [0.1, 0.15) is 5.01 Å². The fourth-order valence-corrected chi connectivity index (χ4v) is 4.13. The normalized spacial score (nSPS) is 17.4. The summed E-state index contributed by atoms with van der Waals surface area (Å²) in [5, 5.41) is 14.7. The van der Waals surface area contributed by atoms with E-state index in [-0.39, 0.29) is 29.8 Å².